The molecule has 0 heterocycles. The zero-order valence-corrected chi connectivity index (χ0v) is 11.2. The molecule has 0 aromatic heterocycles. The van der Waals surface area contributed by atoms with Crippen molar-refractivity contribution in [1.29, 1.82) is 5.26 Å². The molecule has 0 fully saturated rings. The standard InChI is InChI=1S/C16H13N3O2/c17-10-11-5-7-15(16(9-11)19(20)21)18-14-8-6-12-3-1-2-4-13(12)14/h1-5,7,9,14,18H,6,8H2. The topological polar surface area (TPSA) is 79.0 Å². The average molecular weight is 279 g/mol. The number of nitro benzene ring substituents is 1. The summed E-state index contributed by atoms with van der Waals surface area (Å²) in [6.45, 7) is 0. The molecule has 1 aliphatic carbocycles. The third-order valence-electron chi connectivity index (χ3n) is 3.79. The second-order valence-electron chi connectivity index (χ2n) is 5.04. The summed E-state index contributed by atoms with van der Waals surface area (Å²) in [5, 5.41) is 23.3. The van der Waals surface area contributed by atoms with Crippen LogP contribution in [-0.4, -0.2) is 4.92 Å². The van der Waals surface area contributed by atoms with E-state index in [4.69, 9.17) is 5.26 Å². The molecule has 1 unspecified atom stereocenters. The van der Waals surface area contributed by atoms with Gasteiger partial charge in [0.25, 0.3) is 5.69 Å². The molecule has 21 heavy (non-hydrogen) atoms. The zero-order valence-electron chi connectivity index (χ0n) is 11.2. The van der Waals surface area contributed by atoms with E-state index in [2.05, 4.69) is 17.4 Å². The third kappa shape index (κ3) is 2.43. The summed E-state index contributed by atoms with van der Waals surface area (Å²) in [7, 11) is 0. The van der Waals surface area contributed by atoms with Crippen molar-refractivity contribution in [1.82, 2.24) is 0 Å². The number of aryl methyl sites for hydroxylation is 1. The maximum Gasteiger partial charge on any atom is 0.293 e. The van der Waals surface area contributed by atoms with Crippen molar-refractivity contribution in [2.24, 2.45) is 0 Å². The average Bonchev–Trinajstić information content (AvgIpc) is 2.91. The molecule has 1 aliphatic rings. The van der Waals surface area contributed by atoms with Gasteiger partial charge in [-0.15, -0.1) is 0 Å². The number of fused-ring (bicyclic) bond motifs is 1. The Hall–Kier alpha value is -2.87. The highest BCUT2D eigenvalue weighted by Gasteiger charge is 2.24. The molecular formula is C16H13N3O2. The quantitative estimate of drug-likeness (QED) is 0.688. The molecule has 0 spiro atoms. The van der Waals surface area contributed by atoms with E-state index in [1.54, 1.807) is 12.1 Å². The molecule has 0 bridgehead atoms. The summed E-state index contributed by atoms with van der Waals surface area (Å²) >= 11 is 0. The lowest BCUT2D eigenvalue weighted by atomic mass is 10.1. The fourth-order valence-electron chi connectivity index (χ4n) is 2.77. The Morgan fingerprint density at radius 1 is 1.29 bits per heavy atom. The van der Waals surface area contributed by atoms with Crippen LogP contribution in [0, 0.1) is 21.4 Å². The molecule has 0 saturated heterocycles. The first-order valence-electron chi connectivity index (χ1n) is 6.72. The molecule has 5 heteroatoms. The van der Waals surface area contributed by atoms with Crippen LogP contribution in [0.2, 0.25) is 0 Å². The Bertz CT molecular complexity index is 749. The normalized spacial score (nSPS) is 16.0. The Morgan fingerprint density at radius 2 is 2.10 bits per heavy atom. The minimum absolute atomic E-state index is 0.0570. The van der Waals surface area contributed by atoms with Gasteiger partial charge in [0.05, 0.1) is 22.6 Å². The van der Waals surface area contributed by atoms with Gasteiger partial charge in [-0.2, -0.15) is 5.26 Å². The van der Waals surface area contributed by atoms with Crippen LogP contribution in [0.25, 0.3) is 0 Å². The summed E-state index contributed by atoms with van der Waals surface area (Å²) in [6, 6.07) is 14.6. The third-order valence-corrected chi connectivity index (χ3v) is 3.79. The summed E-state index contributed by atoms with van der Waals surface area (Å²) < 4.78 is 0. The van der Waals surface area contributed by atoms with Crippen LogP contribution in [0.3, 0.4) is 0 Å². The highest BCUT2D eigenvalue weighted by molar-refractivity contribution is 5.65. The predicted octanol–water partition coefficient (Wildman–Crippen LogP) is 3.57. The Morgan fingerprint density at radius 3 is 2.86 bits per heavy atom. The van der Waals surface area contributed by atoms with Crippen molar-refractivity contribution < 1.29 is 4.92 Å². The van der Waals surface area contributed by atoms with Crippen LogP contribution in [0.1, 0.15) is 29.2 Å². The summed E-state index contributed by atoms with van der Waals surface area (Å²) in [5.41, 5.74) is 3.17. The minimum atomic E-state index is -0.454. The van der Waals surface area contributed by atoms with E-state index in [0.717, 1.165) is 12.8 Å². The lowest BCUT2D eigenvalue weighted by Gasteiger charge is -2.15. The van der Waals surface area contributed by atoms with Gasteiger partial charge in [0.1, 0.15) is 5.69 Å². The van der Waals surface area contributed by atoms with Gasteiger partial charge >= 0.3 is 0 Å². The number of nitro groups is 1. The van der Waals surface area contributed by atoms with Gasteiger partial charge in [-0.25, -0.2) is 0 Å². The first-order chi connectivity index (χ1) is 10.2. The van der Waals surface area contributed by atoms with Crippen molar-refractivity contribution in [3.8, 4) is 6.07 Å². The lowest BCUT2D eigenvalue weighted by Crippen LogP contribution is -2.09. The summed E-state index contributed by atoms with van der Waals surface area (Å²) in [6.07, 6.45) is 1.88. The maximum absolute atomic E-state index is 11.2. The van der Waals surface area contributed by atoms with Crippen molar-refractivity contribution in [2.75, 3.05) is 5.32 Å². The van der Waals surface area contributed by atoms with E-state index in [-0.39, 0.29) is 11.7 Å². The first kappa shape index (κ1) is 13.1. The van der Waals surface area contributed by atoms with Gasteiger partial charge in [0.15, 0.2) is 0 Å². The lowest BCUT2D eigenvalue weighted by molar-refractivity contribution is -0.384. The fraction of sp³-hybridized carbons (Fsp3) is 0.188. The number of hydrogen-bond acceptors (Lipinski definition) is 4. The molecular weight excluding hydrogens is 266 g/mol. The van der Waals surface area contributed by atoms with E-state index >= 15 is 0 Å². The molecule has 1 atom stereocenters. The minimum Gasteiger partial charge on any atom is -0.373 e. The van der Waals surface area contributed by atoms with E-state index < -0.39 is 4.92 Å². The molecule has 0 amide bonds. The highest BCUT2D eigenvalue weighted by Crippen LogP contribution is 2.36. The van der Waals surface area contributed by atoms with Crippen LogP contribution in [0.5, 0.6) is 0 Å². The van der Waals surface area contributed by atoms with Crippen molar-refractivity contribution >= 4 is 11.4 Å². The predicted molar refractivity (Wildman–Crippen MR) is 78.9 cm³/mol. The number of hydrogen-bond donors (Lipinski definition) is 1. The molecule has 3 rings (SSSR count). The van der Waals surface area contributed by atoms with E-state index in [1.807, 2.05) is 18.2 Å². The van der Waals surface area contributed by atoms with Gasteiger partial charge in [-0.3, -0.25) is 10.1 Å². The second kappa shape index (κ2) is 5.25. The number of nitrogens with one attached hydrogen (secondary N) is 1. The molecule has 2 aromatic carbocycles. The Labute approximate surface area is 122 Å². The SMILES string of the molecule is N#Cc1ccc(NC2CCc3ccccc32)c([N+](=O)[O-])c1. The molecule has 5 nitrogen and oxygen atoms in total. The van der Waals surface area contributed by atoms with Crippen LogP contribution in [0.4, 0.5) is 11.4 Å². The number of benzene rings is 2. The van der Waals surface area contributed by atoms with Crippen molar-refractivity contribution in [2.45, 2.75) is 18.9 Å². The van der Waals surface area contributed by atoms with Crippen molar-refractivity contribution in [3.63, 3.8) is 0 Å². The largest absolute Gasteiger partial charge is 0.373 e. The summed E-state index contributed by atoms with van der Waals surface area (Å²) in [5.74, 6) is 0. The molecule has 104 valence electrons. The van der Waals surface area contributed by atoms with Gasteiger partial charge in [-0.1, -0.05) is 24.3 Å². The van der Waals surface area contributed by atoms with Gasteiger partial charge in [-0.05, 0) is 36.1 Å². The van der Waals surface area contributed by atoms with Gasteiger partial charge in [0.2, 0.25) is 0 Å². The molecule has 0 aliphatic heterocycles. The highest BCUT2D eigenvalue weighted by atomic mass is 16.6. The monoisotopic (exact) mass is 279 g/mol. The second-order valence-corrected chi connectivity index (χ2v) is 5.04. The Kier molecular flexibility index (Phi) is 3.28. The number of nitrogens with zero attached hydrogens (tertiary/aromatic N) is 2. The van der Waals surface area contributed by atoms with E-state index in [1.165, 1.54) is 17.2 Å². The van der Waals surface area contributed by atoms with Crippen LogP contribution >= 0.6 is 0 Å². The Balaban J connectivity index is 1.93. The van der Waals surface area contributed by atoms with Crippen molar-refractivity contribution in [3.05, 3.63) is 69.3 Å². The smallest absolute Gasteiger partial charge is 0.293 e. The summed E-state index contributed by atoms with van der Waals surface area (Å²) in [4.78, 5) is 10.7. The van der Waals surface area contributed by atoms with Gasteiger partial charge < -0.3 is 5.32 Å². The molecule has 0 radical (unpaired) electrons. The first-order valence-corrected chi connectivity index (χ1v) is 6.72. The fourth-order valence-corrected chi connectivity index (χ4v) is 2.77. The van der Waals surface area contributed by atoms with E-state index in [0.29, 0.717) is 11.3 Å². The number of rotatable bonds is 3. The zero-order chi connectivity index (χ0) is 14.8. The van der Waals surface area contributed by atoms with E-state index in [9.17, 15) is 10.1 Å². The number of anilines is 1. The molecule has 2 aromatic rings. The van der Waals surface area contributed by atoms with Gasteiger partial charge in [0, 0.05) is 6.07 Å². The van der Waals surface area contributed by atoms with Crippen LogP contribution in [0.15, 0.2) is 42.5 Å². The number of nitriles is 1. The van der Waals surface area contributed by atoms with Crippen LogP contribution in [-0.2, 0) is 6.42 Å². The molecule has 0 saturated carbocycles. The molecule has 1 N–H and O–H groups in total. The van der Waals surface area contributed by atoms with Crippen LogP contribution < -0.4 is 5.32 Å². The maximum atomic E-state index is 11.2.